The van der Waals surface area contributed by atoms with Crippen molar-refractivity contribution in [1.29, 1.82) is 0 Å². The topological polar surface area (TPSA) is 380 Å². The molecule has 0 saturated carbocycles. The van der Waals surface area contributed by atoms with Crippen molar-refractivity contribution in [1.82, 2.24) is 79.0 Å². The van der Waals surface area contributed by atoms with Crippen molar-refractivity contribution in [2.45, 2.75) is 57.4 Å². The molecular formula is C62H54F9N21O6. The van der Waals surface area contributed by atoms with E-state index in [0.717, 1.165) is 18.2 Å². The van der Waals surface area contributed by atoms with Crippen LogP contribution in [0.5, 0.6) is 0 Å². The second kappa shape index (κ2) is 28.8. The summed E-state index contributed by atoms with van der Waals surface area (Å²) < 4.78 is 122. The lowest BCUT2D eigenvalue weighted by Gasteiger charge is -2.17. The zero-order chi connectivity index (χ0) is 70.9. The predicted octanol–water partition coefficient (Wildman–Crippen LogP) is 9.86. The number of rotatable bonds is 15. The van der Waals surface area contributed by atoms with Crippen LogP contribution in [-0.4, -0.2) is 131 Å². The largest absolute Gasteiger partial charge is 0.477 e. The van der Waals surface area contributed by atoms with Crippen molar-refractivity contribution < 1.29 is 69.2 Å². The Balaban J connectivity index is 0.000000165. The summed E-state index contributed by atoms with van der Waals surface area (Å²) in [7, 11) is 0. The fourth-order valence-corrected chi connectivity index (χ4v) is 8.25. The minimum Gasteiger partial charge on any atom is -0.477 e. The van der Waals surface area contributed by atoms with Crippen molar-refractivity contribution in [2.75, 3.05) is 29.0 Å². The second-order valence-corrected chi connectivity index (χ2v) is 21.9. The number of aromatic carboxylic acids is 1. The first-order valence-corrected chi connectivity index (χ1v) is 28.5. The number of fused-ring (bicyclic) bond motifs is 3. The number of anilines is 6. The molecular weight excluding hydrogens is 1310 g/mol. The van der Waals surface area contributed by atoms with Gasteiger partial charge < -0.3 is 48.1 Å². The van der Waals surface area contributed by atoms with Gasteiger partial charge in [-0.2, -0.15) is 39.5 Å². The van der Waals surface area contributed by atoms with E-state index in [0.29, 0.717) is 51.8 Å². The molecule has 11 N–H and O–H groups in total. The Kier molecular flexibility index (Phi) is 20.6. The van der Waals surface area contributed by atoms with Crippen molar-refractivity contribution in [3.05, 3.63) is 199 Å². The number of carbonyl (C=O) groups excluding carboxylic acids is 2. The monoisotopic (exact) mass is 1360 g/mol. The number of carbonyl (C=O) groups is 3. The molecule has 0 aliphatic carbocycles. The molecule has 0 spiro atoms. The number of aromatic nitrogens is 15. The van der Waals surface area contributed by atoms with E-state index in [2.05, 4.69) is 81.4 Å². The Morgan fingerprint density at radius 1 is 0.459 bits per heavy atom. The Morgan fingerprint density at radius 2 is 0.786 bits per heavy atom. The average Bonchev–Trinajstić information content (AvgIpc) is 1.54. The van der Waals surface area contributed by atoms with E-state index in [4.69, 9.17) is 21.7 Å². The van der Waals surface area contributed by atoms with Crippen LogP contribution < -0.4 is 32.7 Å². The summed E-state index contributed by atoms with van der Waals surface area (Å²) in [6.07, 6.45) is -4.79. The van der Waals surface area contributed by atoms with Gasteiger partial charge in [0.15, 0.2) is 17.5 Å². The van der Waals surface area contributed by atoms with Gasteiger partial charge >= 0.3 is 24.5 Å². The summed E-state index contributed by atoms with van der Waals surface area (Å²) in [5.74, 6) is -1.56. The van der Waals surface area contributed by atoms with E-state index in [9.17, 15) is 59.0 Å². The SMILES string of the molecule is CC(C)(O)CN.CC(C)(O)CNC(=O)c1cc(Nc2nc(-c3cccc(C(F)(F)F)n3)nn3cccc23)ccn1.NC(=O)c1cc(Nc2nc(-c3cccc(C(F)(F)F)n3)nn3cccc23)ccn1.O=C(O)c1cc(Nc2nc(-c3cccc(C(F)(F)F)n3)nn3cccc23)ccn1. The Morgan fingerprint density at radius 3 is 1.10 bits per heavy atom. The van der Waals surface area contributed by atoms with Crippen molar-refractivity contribution in [3.63, 3.8) is 0 Å². The van der Waals surface area contributed by atoms with Gasteiger partial charge in [0.1, 0.15) is 67.8 Å². The minimum atomic E-state index is -4.60. The predicted molar refractivity (Wildman–Crippen MR) is 336 cm³/mol. The highest BCUT2D eigenvalue weighted by Crippen LogP contribution is 2.33. The van der Waals surface area contributed by atoms with E-state index in [-0.39, 0.29) is 64.0 Å². The number of alkyl halides is 9. The Bertz CT molecular complexity index is 4660. The first-order chi connectivity index (χ1) is 46.2. The molecule has 0 atom stereocenters. The molecule has 0 unspecified atom stereocenters. The summed E-state index contributed by atoms with van der Waals surface area (Å²) >= 11 is 0. The number of hydrogen-bond acceptors (Lipinski definition) is 21. The zero-order valence-corrected chi connectivity index (χ0v) is 51.3. The number of amides is 2. The van der Waals surface area contributed by atoms with Crippen LogP contribution in [0.4, 0.5) is 74.0 Å². The number of primary amides is 1. The highest BCUT2D eigenvalue weighted by molar-refractivity contribution is 5.94. The lowest BCUT2D eigenvalue weighted by atomic mass is 10.1. The molecule has 0 aliphatic heterocycles. The third-order valence-electron chi connectivity index (χ3n) is 12.9. The number of carboxylic acid groups (broad SMARTS) is 1. The van der Waals surface area contributed by atoms with E-state index >= 15 is 0 Å². The first-order valence-electron chi connectivity index (χ1n) is 28.5. The van der Waals surface area contributed by atoms with Crippen LogP contribution in [0.3, 0.4) is 0 Å². The molecule has 12 aromatic rings. The molecule has 12 rings (SSSR count). The first kappa shape index (κ1) is 70.1. The molecule has 2 amide bonds. The standard InChI is InChI=1S/C22H20F3N7O2.C18H12F3N7O.C18H11F3N6O2.C4H11NO/c1-21(2,34)12-27-20(33)15-11-13(8-9-26-15)28-19-16-6-4-10-32(16)31-18(30-19)14-5-3-7-17(29-14)22(23,24)25;19-18(20,21)14-5-1-3-11(25-14)16-26-17(13-4-2-8-28(13)27-16)24-10-6-7-23-12(9-10)15(22)29;19-18(20,21)14-5-1-3-11(24-14)15-25-16(13-4-2-8-27(13)26-15)23-10-6-7-22-12(9-10)17(28)29;1-4(2,6)3-5/h3-11,34H,12H2,1-2H3,(H,27,33)(H,26,28,30,31);1-9H,(H2,22,29)(H,23,24,26,27);1-9H,(H,28,29)(H,22,23,25,26);6H,3,5H2,1-2H3. The van der Waals surface area contributed by atoms with Gasteiger partial charge in [-0.05, 0) is 137 Å². The van der Waals surface area contributed by atoms with Gasteiger partial charge in [0.2, 0.25) is 17.5 Å². The molecule has 0 fully saturated rings. The summed E-state index contributed by atoms with van der Waals surface area (Å²) in [6.45, 7) is 6.84. The van der Waals surface area contributed by atoms with Crippen LogP contribution in [0.1, 0.15) is 76.2 Å². The van der Waals surface area contributed by atoms with Crippen LogP contribution in [0.25, 0.3) is 51.1 Å². The maximum atomic E-state index is 13.1. The molecule has 36 heteroatoms. The Hall–Kier alpha value is -12.2. The maximum Gasteiger partial charge on any atom is 0.433 e. The van der Waals surface area contributed by atoms with E-state index in [1.807, 2.05) is 0 Å². The molecule has 0 aromatic carbocycles. The third kappa shape index (κ3) is 18.4. The number of pyridine rings is 6. The van der Waals surface area contributed by atoms with Crippen molar-refractivity contribution >= 4 is 68.8 Å². The van der Waals surface area contributed by atoms with E-state index in [1.165, 1.54) is 92.8 Å². The third-order valence-corrected chi connectivity index (χ3v) is 12.9. The number of nitrogens with zero attached hydrogens (tertiary/aromatic N) is 15. The van der Waals surface area contributed by atoms with Gasteiger partial charge in [0, 0.05) is 67.3 Å². The fraction of sp³-hybridized carbons (Fsp3) is 0.177. The van der Waals surface area contributed by atoms with Crippen LogP contribution in [0.2, 0.25) is 0 Å². The summed E-state index contributed by atoms with van der Waals surface area (Å²) in [4.78, 5) is 70.4. The second-order valence-electron chi connectivity index (χ2n) is 21.9. The number of halogens is 9. The van der Waals surface area contributed by atoms with Gasteiger partial charge in [-0.3, -0.25) is 19.6 Å². The lowest BCUT2D eigenvalue weighted by molar-refractivity contribution is -0.141. The highest BCUT2D eigenvalue weighted by atomic mass is 19.4. The normalized spacial score (nSPS) is 11.8. The summed E-state index contributed by atoms with van der Waals surface area (Å²) in [5, 5.41) is 51.9. The number of hydrogen-bond donors (Lipinski definition) is 9. The fourth-order valence-electron chi connectivity index (χ4n) is 8.25. The van der Waals surface area contributed by atoms with Crippen molar-refractivity contribution in [3.8, 4) is 34.6 Å². The molecule has 0 aliphatic rings. The quantitative estimate of drug-likeness (QED) is 0.0431. The van der Waals surface area contributed by atoms with Crippen LogP contribution in [0, 0.1) is 0 Å². The zero-order valence-electron chi connectivity index (χ0n) is 51.3. The number of nitrogens with two attached hydrogens (primary N) is 2. The molecule has 0 radical (unpaired) electrons. The summed E-state index contributed by atoms with van der Waals surface area (Å²) in [5.41, 5.74) is 8.22. The number of carboxylic acids is 1. The molecule has 98 heavy (non-hydrogen) atoms. The average molecular weight is 1360 g/mol. The molecule has 12 aromatic heterocycles. The number of nitrogens with one attached hydrogen (secondary N) is 4. The van der Waals surface area contributed by atoms with Gasteiger partial charge in [-0.1, -0.05) is 18.2 Å². The summed E-state index contributed by atoms with van der Waals surface area (Å²) in [6, 6.07) is 29.7. The van der Waals surface area contributed by atoms with Crippen LogP contribution in [-0.2, 0) is 18.5 Å². The van der Waals surface area contributed by atoms with Crippen LogP contribution >= 0.6 is 0 Å². The van der Waals surface area contributed by atoms with Crippen LogP contribution in [0.15, 0.2) is 165 Å². The molecule has 506 valence electrons. The van der Waals surface area contributed by atoms with E-state index < -0.39 is 64.6 Å². The minimum absolute atomic E-state index is 0.00789. The van der Waals surface area contributed by atoms with Gasteiger partial charge in [0.05, 0.1) is 11.2 Å². The molecule has 12 heterocycles. The maximum absolute atomic E-state index is 13.1. The Labute approximate surface area is 546 Å². The molecule has 0 bridgehead atoms. The number of aliphatic hydroxyl groups is 2. The highest BCUT2D eigenvalue weighted by Gasteiger charge is 2.35. The van der Waals surface area contributed by atoms with E-state index in [1.54, 1.807) is 94.8 Å². The molecule has 27 nitrogen and oxygen atoms in total. The lowest BCUT2D eigenvalue weighted by Crippen LogP contribution is -2.38. The smallest absolute Gasteiger partial charge is 0.433 e. The van der Waals surface area contributed by atoms with Gasteiger partial charge in [0.25, 0.3) is 11.8 Å². The molecule has 0 saturated heterocycles. The van der Waals surface area contributed by atoms with Crippen molar-refractivity contribution in [2.24, 2.45) is 11.5 Å². The van der Waals surface area contributed by atoms with Gasteiger partial charge in [-0.15, -0.1) is 15.3 Å². The van der Waals surface area contributed by atoms with Gasteiger partial charge in [-0.25, -0.2) is 53.2 Å².